The molecule has 2 N–H and O–H groups in total. The van der Waals surface area contributed by atoms with Gasteiger partial charge >= 0.3 is 0 Å². The number of nitrogens with two attached hydrogens (primary N) is 1. The molecular weight excluding hydrogens is 190 g/mol. The van der Waals surface area contributed by atoms with E-state index in [9.17, 15) is 4.39 Å². The van der Waals surface area contributed by atoms with E-state index in [0.29, 0.717) is 6.54 Å². The lowest BCUT2D eigenvalue weighted by Gasteiger charge is -2.10. The molecule has 1 aliphatic rings. The van der Waals surface area contributed by atoms with Gasteiger partial charge in [0.05, 0.1) is 0 Å². The lowest BCUT2D eigenvalue weighted by molar-refractivity contribution is 0.294. The van der Waals surface area contributed by atoms with E-state index in [1.807, 2.05) is 0 Å². The lowest BCUT2D eigenvalue weighted by Crippen LogP contribution is -2.27. The Bertz CT molecular complexity index is 92.7. The van der Waals surface area contributed by atoms with E-state index >= 15 is 0 Å². The summed E-state index contributed by atoms with van der Waals surface area (Å²) in [7, 11) is 0. The van der Waals surface area contributed by atoms with Crippen LogP contribution in [0.2, 0.25) is 0 Å². The monoisotopic (exact) mass is 204 g/mol. The minimum atomic E-state index is -0.243. The molecule has 11 heavy (non-hydrogen) atoms. The van der Waals surface area contributed by atoms with Crippen LogP contribution in [0.4, 0.5) is 4.39 Å². The normalized spacial score (nSPS) is 24.0. The molecular formula is C6H15Cl2FN2. The second kappa shape index (κ2) is 7.10. The Hall–Kier alpha value is 0.430. The third-order valence-corrected chi connectivity index (χ3v) is 1.71. The highest BCUT2D eigenvalue weighted by molar-refractivity contribution is 5.85. The number of likely N-dealkylation sites (tertiary alicyclic amines) is 1. The highest BCUT2D eigenvalue weighted by atomic mass is 35.5. The van der Waals surface area contributed by atoms with Crippen LogP contribution in [0.1, 0.15) is 6.42 Å². The number of halogens is 3. The number of rotatable bonds is 2. The third kappa shape index (κ3) is 4.80. The first-order valence-corrected chi connectivity index (χ1v) is 3.37. The second-order valence-electron chi connectivity index (χ2n) is 2.54. The molecule has 5 heteroatoms. The third-order valence-electron chi connectivity index (χ3n) is 1.71. The fourth-order valence-electron chi connectivity index (χ4n) is 1.19. The molecule has 0 aromatic heterocycles. The molecule has 1 aliphatic heterocycles. The fraction of sp³-hybridized carbons (Fsp3) is 1.00. The standard InChI is InChI=1S/C6H13FN2.2ClH/c7-2-4-9-3-1-6(8)5-9;;/h6H,1-5,8H2;2*1H. The van der Waals surface area contributed by atoms with Gasteiger partial charge in [0.1, 0.15) is 6.67 Å². The maximum Gasteiger partial charge on any atom is 0.102 e. The van der Waals surface area contributed by atoms with Crippen LogP contribution >= 0.6 is 24.8 Å². The molecule has 0 bridgehead atoms. The fourth-order valence-corrected chi connectivity index (χ4v) is 1.19. The topological polar surface area (TPSA) is 29.3 Å². The van der Waals surface area contributed by atoms with Gasteiger partial charge in [0.25, 0.3) is 0 Å². The van der Waals surface area contributed by atoms with Gasteiger partial charge in [-0.1, -0.05) is 0 Å². The smallest absolute Gasteiger partial charge is 0.102 e. The zero-order valence-corrected chi connectivity index (χ0v) is 7.96. The van der Waals surface area contributed by atoms with Crippen molar-refractivity contribution in [3.63, 3.8) is 0 Å². The average Bonchev–Trinajstić information content (AvgIpc) is 2.17. The number of hydrogen-bond donors (Lipinski definition) is 1. The van der Waals surface area contributed by atoms with Gasteiger partial charge in [-0.05, 0) is 13.0 Å². The average molecular weight is 205 g/mol. The molecule has 1 rings (SSSR count). The van der Waals surface area contributed by atoms with Gasteiger partial charge in [-0.3, -0.25) is 4.90 Å². The summed E-state index contributed by atoms with van der Waals surface area (Å²) in [4.78, 5) is 2.06. The Balaban J connectivity index is 0. The highest BCUT2D eigenvalue weighted by Gasteiger charge is 2.17. The van der Waals surface area contributed by atoms with Gasteiger partial charge in [-0.2, -0.15) is 0 Å². The molecule has 2 nitrogen and oxygen atoms in total. The Morgan fingerprint density at radius 2 is 2.09 bits per heavy atom. The summed E-state index contributed by atoms with van der Waals surface area (Å²) < 4.78 is 11.7. The Labute approximate surface area is 79.1 Å². The molecule has 0 aliphatic carbocycles. The second-order valence-corrected chi connectivity index (χ2v) is 2.54. The van der Waals surface area contributed by atoms with Crippen LogP contribution in [-0.2, 0) is 0 Å². The van der Waals surface area contributed by atoms with E-state index < -0.39 is 0 Å². The van der Waals surface area contributed by atoms with Gasteiger partial charge < -0.3 is 5.73 Å². The van der Waals surface area contributed by atoms with Crippen molar-refractivity contribution in [3.8, 4) is 0 Å². The van der Waals surface area contributed by atoms with Crippen molar-refractivity contribution >= 4 is 24.8 Å². The Kier molecular flexibility index (Phi) is 9.02. The summed E-state index contributed by atoms with van der Waals surface area (Å²) in [5.41, 5.74) is 5.59. The van der Waals surface area contributed by atoms with Crippen LogP contribution in [0.3, 0.4) is 0 Å². The number of alkyl halides is 1. The van der Waals surface area contributed by atoms with E-state index in [0.717, 1.165) is 19.5 Å². The van der Waals surface area contributed by atoms with Crippen molar-refractivity contribution in [3.05, 3.63) is 0 Å². The molecule has 0 amide bonds. The van der Waals surface area contributed by atoms with Gasteiger partial charge in [-0.25, -0.2) is 4.39 Å². The summed E-state index contributed by atoms with van der Waals surface area (Å²) in [5, 5.41) is 0. The molecule has 1 saturated heterocycles. The first kappa shape index (κ1) is 14.0. The molecule has 1 fully saturated rings. The summed E-state index contributed by atoms with van der Waals surface area (Å²) >= 11 is 0. The molecule has 1 unspecified atom stereocenters. The summed E-state index contributed by atoms with van der Waals surface area (Å²) in [6.45, 7) is 2.18. The van der Waals surface area contributed by atoms with Crippen molar-refractivity contribution in [1.29, 1.82) is 0 Å². The molecule has 70 valence electrons. The van der Waals surface area contributed by atoms with Crippen molar-refractivity contribution in [2.75, 3.05) is 26.3 Å². The van der Waals surface area contributed by atoms with Crippen LogP contribution < -0.4 is 5.73 Å². The van der Waals surface area contributed by atoms with Crippen molar-refractivity contribution in [1.82, 2.24) is 4.90 Å². The Morgan fingerprint density at radius 1 is 1.45 bits per heavy atom. The van der Waals surface area contributed by atoms with Crippen LogP contribution in [-0.4, -0.2) is 37.3 Å². The van der Waals surface area contributed by atoms with E-state index in [4.69, 9.17) is 5.73 Å². The first-order valence-electron chi connectivity index (χ1n) is 3.37. The van der Waals surface area contributed by atoms with Crippen molar-refractivity contribution in [2.45, 2.75) is 12.5 Å². The van der Waals surface area contributed by atoms with E-state index in [-0.39, 0.29) is 37.5 Å². The van der Waals surface area contributed by atoms with Gasteiger partial charge in [0, 0.05) is 19.1 Å². The molecule has 0 radical (unpaired) electrons. The van der Waals surface area contributed by atoms with E-state index in [2.05, 4.69) is 4.90 Å². The molecule has 0 aromatic rings. The summed E-state index contributed by atoms with van der Waals surface area (Å²) in [5.74, 6) is 0. The summed E-state index contributed by atoms with van der Waals surface area (Å²) in [6, 6.07) is 0.288. The Morgan fingerprint density at radius 3 is 2.45 bits per heavy atom. The minimum Gasteiger partial charge on any atom is -0.326 e. The quantitative estimate of drug-likeness (QED) is 0.723. The zero-order chi connectivity index (χ0) is 6.69. The van der Waals surface area contributed by atoms with E-state index in [1.54, 1.807) is 0 Å². The van der Waals surface area contributed by atoms with Crippen LogP contribution in [0.15, 0.2) is 0 Å². The molecule has 0 spiro atoms. The SMILES string of the molecule is Cl.Cl.NC1CCN(CCF)C1. The predicted octanol–water partition coefficient (Wildman–Crippen LogP) is 0.833. The highest BCUT2D eigenvalue weighted by Crippen LogP contribution is 2.05. The van der Waals surface area contributed by atoms with Gasteiger partial charge in [0.15, 0.2) is 0 Å². The molecule has 1 heterocycles. The number of nitrogens with zero attached hydrogens (tertiary/aromatic N) is 1. The van der Waals surface area contributed by atoms with Gasteiger partial charge in [0.2, 0.25) is 0 Å². The largest absolute Gasteiger partial charge is 0.326 e. The lowest BCUT2D eigenvalue weighted by atomic mass is 10.3. The maximum atomic E-state index is 11.7. The minimum absolute atomic E-state index is 0. The number of hydrogen-bond acceptors (Lipinski definition) is 2. The van der Waals surface area contributed by atoms with Crippen LogP contribution in [0.5, 0.6) is 0 Å². The summed E-state index contributed by atoms with van der Waals surface area (Å²) in [6.07, 6.45) is 1.03. The van der Waals surface area contributed by atoms with Crippen molar-refractivity contribution < 1.29 is 4.39 Å². The zero-order valence-electron chi connectivity index (χ0n) is 6.33. The van der Waals surface area contributed by atoms with E-state index in [1.165, 1.54) is 0 Å². The maximum absolute atomic E-state index is 11.7. The van der Waals surface area contributed by atoms with Crippen LogP contribution in [0, 0.1) is 0 Å². The molecule has 1 atom stereocenters. The molecule has 0 aromatic carbocycles. The van der Waals surface area contributed by atoms with Gasteiger partial charge in [-0.15, -0.1) is 24.8 Å². The first-order chi connectivity index (χ1) is 4.33. The van der Waals surface area contributed by atoms with Crippen LogP contribution in [0.25, 0.3) is 0 Å². The van der Waals surface area contributed by atoms with Crippen molar-refractivity contribution in [2.24, 2.45) is 5.73 Å². The predicted molar refractivity (Wildman–Crippen MR) is 49.5 cm³/mol. The molecule has 0 saturated carbocycles.